The molecule has 0 saturated carbocycles. The molecule has 0 spiro atoms. The lowest BCUT2D eigenvalue weighted by atomic mass is 10.2. The topological polar surface area (TPSA) is 17.0 Å². The molecule has 0 aliphatic carbocycles. The fourth-order valence-corrected chi connectivity index (χ4v) is 2.77. The summed E-state index contributed by atoms with van der Waals surface area (Å²) in [6.45, 7) is 4.11. The number of halogens is 3. The number of hydrogen-bond donors (Lipinski definition) is 1. The van der Waals surface area contributed by atoms with Gasteiger partial charge in [-0.25, -0.2) is 0 Å². The standard InChI is InChI=1S/C12H12Cl2N2.ClH/c1-7-5-15-6-9-2-8-3-10(13)11(14)4-12(8)16(7)9;/h2-4,7,15H,5-6H2,1H3;1H. The van der Waals surface area contributed by atoms with Gasteiger partial charge in [-0.2, -0.15) is 0 Å². The van der Waals surface area contributed by atoms with Gasteiger partial charge in [0.2, 0.25) is 0 Å². The lowest BCUT2D eigenvalue weighted by Gasteiger charge is -2.24. The van der Waals surface area contributed by atoms with Gasteiger partial charge in [-0.1, -0.05) is 23.2 Å². The summed E-state index contributed by atoms with van der Waals surface area (Å²) in [6, 6.07) is 6.54. The second kappa shape index (κ2) is 4.69. The zero-order valence-electron chi connectivity index (χ0n) is 9.34. The Morgan fingerprint density at radius 1 is 1.24 bits per heavy atom. The first-order valence-corrected chi connectivity index (χ1v) is 6.12. The van der Waals surface area contributed by atoms with Crippen molar-refractivity contribution < 1.29 is 0 Å². The van der Waals surface area contributed by atoms with Crippen LogP contribution in [-0.4, -0.2) is 11.1 Å². The minimum atomic E-state index is 0. The minimum Gasteiger partial charge on any atom is -0.339 e. The van der Waals surface area contributed by atoms with E-state index in [1.54, 1.807) is 0 Å². The van der Waals surface area contributed by atoms with E-state index in [1.807, 2.05) is 12.1 Å². The molecule has 3 rings (SSSR count). The van der Waals surface area contributed by atoms with E-state index in [4.69, 9.17) is 23.2 Å². The molecule has 0 bridgehead atoms. The second-order valence-electron chi connectivity index (χ2n) is 4.31. The van der Waals surface area contributed by atoms with Crippen LogP contribution in [0.15, 0.2) is 18.2 Å². The molecule has 17 heavy (non-hydrogen) atoms. The van der Waals surface area contributed by atoms with Crippen molar-refractivity contribution in [2.24, 2.45) is 0 Å². The van der Waals surface area contributed by atoms with Gasteiger partial charge in [0.05, 0.1) is 15.6 Å². The fourth-order valence-electron chi connectivity index (χ4n) is 2.44. The van der Waals surface area contributed by atoms with Crippen molar-refractivity contribution in [3.8, 4) is 0 Å². The summed E-state index contributed by atoms with van der Waals surface area (Å²) in [5.41, 5.74) is 2.48. The van der Waals surface area contributed by atoms with Gasteiger partial charge in [-0.05, 0) is 25.1 Å². The molecular formula is C12H13Cl3N2. The van der Waals surface area contributed by atoms with Crippen LogP contribution in [0.25, 0.3) is 10.9 Å². The third-order valence-corrected chi connectivity index (χ3v) is 3.87. The van der Waals surface area contributed by atoms with Gasteiger partial charge in [-0.15, -0.1) is 12.4 Å². The number of rotatable bonds is 0. The number of aromatic nitrogens is 1. The molecule has 1 N–H and O–H groups in total. The van der Waals surface area contributed by atoms with Gasteiger partial charge < -0.3 is 9.88 Å². The predicted molar refractivity (Wildman–Crippen MR) is 75.6 cm³/mol. The molecule has 2 aromatic rings. The molecule has 1 aliphatic heterocycles. The van der Waals surface area contributed by atoms with Gasteiger partial charge in [0.1, 0.15) is 0 Å². The monoisotopic (exact) mass is 290 g/mol. The molecule has 92 valence electrons. The van der Waals surface area contributed by atoms with E-state index in [2.05, 4.69) is 22.9 Å². The van der Waals surface area contributed by atoms with Gasteiger partial charge in [0.25, 0.3) is 0 Å². The van der Waals surface area contributed by atoms with Crippen LogP contribution in [0.1, 0.15) is 18.7 Å². The molecule has 0 saturated heterocycles. The van der Waals surface area contributed by atoms with Crippen molar-refractivity contribution in [3.05, 3.63) is 33.9 Å². The van der Waals surface area contributed by atoms with E-state index in [-0.39, 0.29) is 12.4 Å². The van der Waals surface area contributed by atoms with E-state index < -0.39 is 0 Å². The van der Waals surface area contributed by atoms with E-state index >= 15 is 0 Å². The van der Waals surface area contributed by atoms with Crippen LogP contribution in [0.2, 0.25) is 10.0 Å². The number of fused-ring (bicyclic) bond motifs is 3. The van der Waals surface area contributed by atoms with E-state index in [0.29, 0.717) is 16.1 Å². The molecule has 1 unspecified atom stereocenters. The summed E-state index contributed by atoms with van der Waals surface area (Å²) in [4.78, 5) is 0. The highest BCUT2D eigenvalue weighted by Crippen LogP contribution is 2.32. The zero-order chi connectivity index (χ0) is 11.3. The Morgan fingerprint density at radius 3 is 2.71 bits per heavy atom. The largest absolute Gasteiger partial charge is 0.339 e. The highest BCUT2D eigenvalue weighted by molar-refractivity contribution is 6.42. The first kappa shape index (κ1) is 13.0. The molecule has 0 radical (unpaired) electrons. The number of hydrogen-bond acceptors (Lipinski definition) is 1. The summed E-state index contributed by atoms with van der Waals surface area (Å²) in [7, 11) is 0. The molecule has 2 nitrogen and oxygen atoms in total. The fraction of sp³-hybridized carbons (Fsp3) is 0.333. The smallest absolute Gasteiger partial charge is 0.0613 e. The van der Waals surface area contributed by atoms with Crippen LogP contribution in [0.4, 0.5) is 0 Å². The average molecular weight is 292 g/mol. The molecule has 1 aromatic heterocycles. The van der Waals surface area contributed by atoms with Crippen LogP contribution in [0, 0.1) is 0 Å². The zero-order valence-corrected chi connectivity index (χ0v) is 11.7. The van der Waals surface area contributed by atoms with E-state index in [9.17, 15) is 0 Å². The van der Waals surface area contributed by atoms with Gasteiger partial charge in [0, 0.05) is 30.2 Å². The molecule has 1 aromatic carbocycles. The van der Waals surface area contributed by atoms with E-state index in [1.165, 1.54) is 16.6 Å². The average Bonchev–Trinajstić information content (AvgIpc) is 2.58. The van der Waals surface area contributed by atoms with Crippen LogP contribution in [-0.2, 0) is 6.54 Å². The molecular weight excluding hydrogens is 279 g/mol. The summed E-state index contributed by atoms with van der Waals surface area (Å²) in [6.07, 6.45) is 0. The Morgan fingerprint density at radius 2 is 1.94 bits per heavy atom. The Hall–Kier alpha value is -0.410. The maximum atomic E-state index is 6.07. The highest BCUT2D eigenvalue weighted by Gasteiger charge is 2.18. The summed E-state index contributed by atoms with van der Waals surface area (Å²) in [5.74, 6) is 0. The SMILES string of the molecule is CC1CNCc2cc3cc(Cl)c(Cl)cc3n21.Cl. The van der Waals surface area contributed by atoms with E-state index in [0.717, 1.165) is 13.1 Å². The third kappa shape index (κ3) is 2.04. The highest BCUT2D eigenvalue weighted by atomic mass is 35.5. The molecule has 0 amide bonds. The van der Waals surface area contributed by atoms with Crippen LogP contribution < -0.4 is 5.32 Å². The van der Waals surface area contributed by atoms with Crippen LogP contribution in [0.5, 0.6) is 0 Å². The lowest BCUT2D eigenvalue weighted by Crippen LogP contribution is -2.30. The molecule has 1 atom stereocenters. The maximum absolute atomic E-state index is 6.07. The lowest BCUT2D eigenvalue weighted by molar-refractivity contribution is 0.439. The van der Waals surface area contributed by atoms with Crippen molar-refractivity contribution >= 4 is 46.5 Å². The Labute approximate surface area is 116 Å². The molecule has 0 fully saturated rings. The van der Waals surface area contributed by atoms with Gasteiger partial charge in [0.15, 0.2) is 0 Å². The molecule has 2 heterocycles. The van der Waals surface area contributed by atoms with Crippen LogP contribution in [0.3, 0.4) is 0 Å². The summed E-state index contributed by atoms with van der Waals surface area (Å²) >= 11 is 12.1. The van der Waals surface area contributed by atoms with Crippen molar-refractivity contribution in [1.29, 1.82) is 0 Å². The third-order valence-electron chi connectivity index (χ3n) is 3.15. The van der Waals surface area contributed by atoms with Crippen LogP contribution >= 0.6 is 35.6 Å². The number of nitrogens with zero attached hydrogens (tertiary/aromatic N) is 1. The van der Waals surface area contributed by atoms with Gasteiger partial charge in [-0.3, -0.25) is 0 Å². The number of benzene rings is 1. The van der Waals surface area contributed by atoms with Crippen molar-refractivity contribution in [2.45, 2.75) is 19.5 Å². The van der Waals surface area contributed by atoms with Crippen molar-refractivity contribution in [3.63, 3.8) is 0 Å². The second-order valence-corrected chi connectivity index (χ2v) is 5.13. The number of nitrogens with one attached hydrogen (secondary N) is 1. The predicted octanol–water partition coefficient (Wildman–Crippen LogP) is 4.03. The summed E-state index contributed by atoms with van der Waals surface area (Å²) in [5, 5.41) is 5.81. The van der Waals surface area contributed by atoms with Crippen molar-refractivity contribution in [2.75, 3.05) is 6.54 Å². The molecule has 1 aliphatic rings. The van der Waals surface area contributed by atoms with Gasteiger partial charge >= 0.3 is 0 Å². The minimum absolute atomic E-state index is 0. The maximum Gasteiger partial charge on any atom is 0.0613 e. The quantitative estimate of drug-likeness (QED) is 0.775. The molecule has 5 heteroatoms. The summed E-state index contributed by atoms with van der Waals surface area (Å²) < 4.78 is 2.34. The normalized spacial score (nSPS) is 18.9. The Bertz CT molecular complexity index is 562. The first-order valence-electron chi connectivity index (χ1n) is 5.36. The Kier molecular flexibility index (Phi) is 3.60. The van der Waals surface area contributed by atoms with Crippen molar-refractivity contribution in [1.82, 2.24) is 9.88 Å². The Balaban J connectivity index is 0.00000108. The first-order chi connectivity index (χ1) is 7.66.